The lowest BCUT2D eigenvalue weighted by Crippen LogP contribution is -2.37. The highest BCUT2D eigenvalue weighted by Gasteiger charge is 2.52. The standard InChI is InChI=1S/C12H12O4/c1-12(8-5-3-2-4-6-8)7-16-11(15)9(12)10(13)14/h2-6,9H,7H2,1H3,(H,13,14)/t9?,12-/m0/s1. The third kappa shape index (κ3) is 1.46. The molecule has 1 aromatic rings. The molecule has 4 heteroatoms. The number of hydrogen-bond acceptors (Lipinski definition) is 3. The number of hydrogen-bond donors (Lipinski definition) is 1. The topological polar surface area (TPSA) is 63.6 Å². The van der Waals surface area contributed by atoms with Crippen LogP contribution in [0.5, 0.6) is 0 Å². The number of benzene rings is 1. The SMILES string of the molecule is C[C@@]1(c2ccccc2)COC(=O)C1C(=O)O. The van der Waals surface area contributed by atoms with Gasteiger partial charge in [-0.1, -0.05) is 37.3 Å². The highest BCUT2D eigenvalue weighted by atomic mass is 16.5. The molecule has 1 aliphatic heterocycles. The summed E-state index contributed by atoms with van der Waals surface area (Å²) in [5.41, 5.74) is 0.0396. The van der Waals surface area contributed by atoms with Gasteiger partial charge in [0.25, 0.3) is 0 Å². The maximum Gasteiger partial charge on any atom is 0.321 e. The van der Waals surface area contributed by atoms with Crippen LogP contribution in [0.1, 0.15) is 12.5 Å². The fraction of sp³-hybridized carbons (Fsp3) is 0.333. The molecule has 1 aliphatic rings. The molecule has 0 aliphatic carbocycles. The van der Waals surface area contributed by atoms with Crippen LogP contribution in [-0.2, 0) is 19.7 Å². The van der Waals surface area contributed by atoms with Crippen molar-refractivity contribution in [3.05, 3.63) is 35.9 Å². The Morgan fingerprint density at radius 3 is 2.62 bits per heavy atom. The summed E-state index contributed by atoms with van der Waals surface area (Å²) in [5.74, 6) is -2.90. The Balaban J connectivity index is 2.45. The van der Waals surface area contributed by atoms with E-state index in [0.29, 0.717) is 0 Å². The first-order valence-electron chi connectivity index (χ1n) is 5.00. The molecule has 1 saturated heterocycles. The molecular formula is C12H12O4. The van der Waals surface area contributed by atoms with Gasteiger partial charge in [-0.3, -0.25) is 9.59 Å². The van der Waals surface area contributed by atoms with Crippen molar-refractivity contribution in [1.82, 2.24) is 0 Å². The number of aliphatic carboxylic acids is 1. The molecule has 1 fully saturated rings. The Kier molecular flexibility index (Phi) is 2.42. The van der Waals surface area contributed by atoms with E-state index in [1.54, 1.807) is 6.92 Å². The van der Waals surface area contributed by atoms with Crippen molar-refractivity contribution in [1.29, 1.82) is 0 Å². The minimum Gasteiger partial charge on any atom is -0.481 e. The number of carbonyl (C=O) groups is 2. The quantitative estimate of drug-likeness (QED) is 0.601. The monoisotopic (exact) mass is 220 g/mol. The first-order valence-corrected chi connectivity index (χ1v) is 5.00. The lowest BCUT2D eigenvalue weighted by Gasteiger charge is -2.24. The minimum atomic E-state index is -1.13. The molecule has 0 aromatic heterocycles. The maximum atomic E-state index is 11.4. The predicted octanol–water partition coefficient (Wildman–Crippen LogP) is 1.20. The number of carbonyl (C=O) groups excluding carboxylic acids is 1. The van der Waals surface area contributed by atoms with E-state index in [0.717, 1.165) is 5.56 Å². The second kappa shape index (κ2) is 3.63. The molecule has 1 N–H and O–H groups in total. The van der Waals surface area contributed by atoms with Gasteiger partial charge in [0.2, 0.25) is 0 Å². The van der Waals surface area contributed by atoms with Gasteiger partial charge in [0, 0.05) is 0 Å². The molecule has 2 atom stereocenters. The number of carboxylic acids is 1. The Hall–Kier alpha value is -1.84. The summed E-state index contributed by atoms with van der Waals surface area (Å²) in [6.45, 7) is 1.86. The smallest absolute Gasteiger partial charge is 0.321 e. The van der Waals surface area contributed by atoms with E-state index in [2.05, 4.69) is 0 Å². The Morgan fingerprint density at radius 1 is 1.44 bits per heavy atom. The zero-order valence-electron chi connectivity index (χ0n) is 8.84. The van der Waals surface area contributed by atoms with Crippen molar-refractivity contribution >= 4 is 11.9 Å². The highest BCUT2D eigenvalue weighted by Crippen LogP contribution is 2.38. The van der Waals surface area contributed by atoms with E-state index >= 15 is 0 Å². The largest absolute Gasteiger partial charge is 0.481 e. The van der Waals surface area contributed by atoms with Crippen LogP contribution in [0.4, 0.5) is 0 Å². The van der Waals surface area contributed by atoms with E-state index in [-0.39, 0.29) is 6.61 Å². The summed E-state index contributed by atoms with van der Waals surface area (Å²) >= 11 is 0. The second-order valence-corrected chi connectivity index (χ2v) is 4.16. The number of carboxylic acid groups (broad SMARTS) is 1. The molecular weight excluding hydrogens is 208 g/mol. The van der Waals surface area contributed by atoms with E-state index in [1.165, 1.54) is 0 Å². The van der Waals surface area contributed by atoms with E-state index in [4.69, 9.17) is 9.84 Å². The average molecular weight is 220 g/mol. The summed E-state index contributed by atoms with van der Waals surface area (Å²) in [4.78, 5) is 22.5. The van der Waals surface area contributed by atoms with Gasteiger partial charge in [0.1, 0.15) is 6.61 Å². The van der Waals surface area contributed by atoms with Crippen molar-refractivity contribution < 1.29 is 19.4 Å². The molecule has 0 radical (unpaired) electrons. The lowest BCUT2D eigenvalue weighted by atomic mass is 9.74. The van der Waals surface area contributed by atoms with Gasteiger partial charge in [-0.25, -0.2) is 0 Å². The van der Waals surface area contributed by atoms with Crippen LogP contribution in [-0.4, -0.2) is 23.7 Å². The van der Waals surface area contributed by atoms with E-state index in [1.807, 2.05) is 30.3 Å². The van der Waals surface area contributed by atoms with Crippen LogP contribution in [0.2, 0.25) is 0 Å². The summed E-state index contributed by atoms with van der Waals surface area (Å²) in [7, 11) is 0. The van der Waals surface area contributed by atoms with Crippen LogP contribution in [0.3, 0.4) is 0 Å². The lowest BCUT2D eigenvalue weighted by molar-refractivity contribution is -0.152. The summed E-state index contributed by atoms with van der Waals surface area (Å²) in [6.07, 6.45) is 0. The van der Waals surface area contributed by atoms with Crippen molar-refractivity contribution in [3.63, 3.8) is 0 Å². The maximum absolute atomic E-state index is 11.4. The zero-order chi connectivity index (χ0) is 11.8. The molecule has 0 amide bonds. The van der Waals surface area contributed by atoms with Gasteiger partial charge >= 0.3 is 11.9 Å². The predicted molar refractivity (Wildman–Crippen MR) is 55.9 cm³/mol. The fourth-order valence-corrected chi connectivity index (χ4v) is 2.09. The van der Waals surface area contributed by atoms with Crippen LogP contribution in [0, 0.1) is 5.92 Å². The zero-order valence-corrected chi connectivity index (χ0v) is 8.84. The van der Waals surface area contributed by atoms with Gasteiger partial charge in [-0.2, -0.15) is 0 Å². The number of ether oxygens (including phenoxy) is 1. The molecule has 16 heavy (non-hydrogen) atoms. The van der Waals surface area contributed by atoms with E-state index < -0.39 is 23.3 Å². The summed E-state index contributed by atoms with van der Waals surface area (Å²) in [6, 6.07) is 9.13. The van der Waals surface area contributed by atoms with Crippen LogP contribution >= 0.6 is 0 Å². The minimum absolute atomic E-state index is 0.118. The molecule has 0 saturated carbocycles. The van der Waals surface area contributed by atoms with E-state index in [9.17, 15) is 9.59 Å². The molecule has 1 heterocycles. The summed E-state index contributed by atoms with van der Waals surface area (Å²) in [5, 5.41) is 9.08. The number of rotatable bonds is 2. The Bertz CT molecular complexity index is 426. The van der Waals surface area contributed by atoms with Crippen molar-refractivity contribution in [2.45, 2.75) is 12.3 Å². The Morgan fingerprint density at radius 2 is 2.06 bits per heavy atom. The van der Waals surface area contributed by atoms with Crippen molar-refractivity contribution in [2.75, 3.05) is 6.61 Å². The average Bonchev–Trinajstić information content (AvgIpc) is 2.57. The van der Waals surface area contributed by atoms with Gasteiger partial charge in [-0.05, 0) is 5.56 Å². The third-order valence-electron chi connectivity index (χ3n) is 3.07. The van der Waals surface area contributed by atoms with Gasteiger partial charge in [0.15, 0.2) is 5.92 Å². The van der Waals surface area contributed by atoms with Gasteiger partial charge < -0.3 is 9.84 Å². The number of esters is 1. The van der Waals surface area contributed by atoms with Crippen molar-refractivity contribution in [3.8, 4) is 0 Å². The van der Waals surface area contributed by atoms with Crippen LogP contribution in [0.15, 0.2) is 30.3 Å². The summed E-state index contributed by atoms with van der Waals surface area (Å²) < 4.78 is 4.88. The molecule has 0 bridgehead atoms. The fourth-order valence-electron chi connectivity index (χ4n) is 2.09. The molecule has 1 aromatic carbocycles. The normalized spacial score (nSPS) is 28.8. The van der Waals surface area contributed by atoms with Crippen LogP contribution < -0.4 is 0 Å². The van der Waals surface area contributed by atoms with Crippen molar-refractivity contribution in [2.24, 2.45) is 5.92 Å². The first-order chi connectivity index (χ1) is 7.55. The molecule has 4 nitrogen and oxygen atoms in total. The molecule has 84 valence electrons. The molecule has 0 spiro atoms. The van der Waals surface area contributed by atoms with Gasteiger partial charge in [0.05, 0.1) is 5.41 Å². The highest BCUT2D eigenvalue weighted by molar-refractivity contribution is 5.97. The second-order valence-electron chi connectivity index (χ2n) is 4.16. The first kappa shape index (κ1) is 10.7. The Labute approximate surface area is 92.8 Å². The molecule has 2 rings (SSSR count). The number of cyclic esters (lactones) is 1. The molecule has 1 unspecified atom stereocenters. The third-order valence-corrected chi connectivity index (χ3v) is 3.07. The van der Waals surface area contributed by atoms with Crippen LogP contribution in [0.25, 0.3) is 0 Å². The van der Waals surface area contributed by atoms with Gasteiger partial charge in [-0.15, -0.1) is 0 Å².